The summed E-state index contributed by atoms with van der Waals surface area (Å²) in [5, 5.41) is 10.8. The molecule has 3 heterocycles. The van der Waals surface area contributed by atoms with Crippen molar-refractivity contribution in [3.05, 3.63) is 56.9 Å². The van der Waals surface area contributed by atoms with Crippen molar-refractivity contribution in [2.24, 2.45) is 0 Å². The largest absolute Gasteiger partial charge is 0.508 e. The van der Waals surface area contributed by atoms with Crippen molar-refractivity contribution >= 4 is 17.2 Å². The third-order valence-corrected chi connectivity index (χ3v) is 5.83. The number of ether oxygens (including phenoxy) is 1. The average molecular weight is 392 g/mol. The molecule has 0 spiro atoms. The van der Waals surface area contributed by atoms with Crippen molar-refractivity contribution in [1.29, 1.82) is 0 Å². The summed E-state index contributed by atoms with van der Waals surface area (Å²) in [5.74, 6) is -0.158. The average Bonchev–Trinajstić information content (AvgIpc) is 3.08. The van der Waals surface area contributed by atoms with E-state index >= 15 is 0 Å². The van der Waals surface area contributed by atoms with Crippen LogP contribution in [0.2, 0.25) is 0 Å². The van der Waals surface area contributed by atoms with Crippen molar-refractivity contribution in [3.63, 3.8) is 0 Å². The molecule has 0 amide bonds. The van der Waals surface area contributed by atoms with E-state index in [2.05, 4.69) is 6.92 Å². The molecule has 1 aromatic carbocycles. The van der Waals surface area contributed by atoms with Gasteiger partial charge in [-0.1, -0.05) is 13.8 Å². The zero-order chi connectivity index (χ0) is 20.7. The Morgan fingerprint density at radius 3 is 2.72 bits per heavy atom. The minimum absolute atomic E-state index is 0.133. The highest BCUT2D eigenvalue weighted by Gasteiger charge is 2.29. The maximum atomic E-state index is 13.3. The molecule has 1 unspecified atom stereocenters. The standard InChI is InChI=1S/C23H24N2O4/c1-4-13(11-26)16-9-21-22-18(10-25(21)23(28)19(16)12-29-3)15(5-2)17-8-14(27)6-7-20(17)24-22/h6-9,11,13,27H,4-5,10,12H2,1-3H3. The lowest BCUT2D eigenvalue weighted by Gasteiger charge is -2.16. The molecule has 29 heavy (non-hydrogen) atoms. The molecule has 1 aliphatic rings. The molecule has 6 heteroatoms. The van der Waals surface area contributed by atoms with Crippen LogP contribution in [0, 0.1) is 0 Å². The SMILES string of the molecule is CCc1c2c(nc3ccc(O)cc13)-c1cc(C(C=O)CC)c(COC)c(=O)n1C2. The van der Waals surface area contributed by atoms with Gasteiger partial charge in [0.1, 0.15) is 12.0 Å². The number of hydrogen-bond acceptors (Lipinski definition) is 5. The Hall–Kier alpha value is -2.99. The van der Waals surface area contributed by atoms with E-state index in [9.17, 15) is 14.7 Å². The number of aromatic hydroxyl groups is 1. The predicted molar refractivity (Wildman–Crippen MR) is 111 cm³/mol. The van der Waals surface area contributed by atoms with Gasteiger partial charge < -0.3 is 19.2 Å². The first-order valence-electron chi connectivity index (χ1n) is 9.89. The fourth-order valence-electron chi connectivity index (χ4n) is 4.37. The van der Waals surface area contributed by atoms with Gasteiger partial charge in [-0.05, 0) is 48.2 Å². The van der Waals surface area contributed by atoms with Gasteiger partial charge in [0, 0.05) is 29.5 Å². The summed E-state index contributed by atoms with van der Waals surface area (Å²) in [7, 11) is 1.55. The zero-order valence-electron chi connectivity index (χ0n) is 16.9. The lowest BCUT2D eigenvalue weighted by Crippen LogP contribution is -2.26. The van der Waals surface area contributed by atoms with E-state index in [1.54, 1.807) is 29.9 Å². The second-order valence-corrected chi connectivity index (χ2v) is 7.41. The Morgan fingerprint density at radius 1 is 1.28 bits per heavy atom. The molecule has 3 aromatic rings. The molecule has 1 atom stereocenters. The lowest BCUT2D eigenvalue weighted by molar-refractivity contribution is -0.109. The van der Waals surface area contributed by atoms with Gasteiger partial charge in [0.2, 0.25) is 0 Å². The van der Waals surface area contributed by atoms with E-state index in [1.807, 2.05) is 13.0 Å². The topological polar surface area (TPSA) is 81.4 Å². The fourth-order valence-corrected chi connectivity index (χ4v) is 4.37. The van der Waals surface area contributed by atoms with Crippen LogP contribution in [0.3, 0.4) is 0 Å². The Balaban J connectivity index is 2.03. The van der Waals surface area contributed by atoms with Gasteiger partial charge in [0.25, 0.3) is 5.56 Å². The molecule has 0 saturated heterocycles. The van der Waals surface area contributed by atoms with Crippen LogP contribution in [-0.2, 0) is 29.1 Å². The number of aldehydes is 1. The third kappa shape index (κ3) is 2.95. The van der Waals surface area contributed by atoms with Crippen molar-refractivity contribution in [2.75, 3.05) is 7.11 Å². The van der Waals surface area contributed by atoms with Gasteiger partial charge in [-0.2, -0.15) is 0 Å². The maximum absolute atomic E-state index is 13.3. The summed E-state index contributed by atoms with van der Waals surface area (Å²) < 4.78 is 7.00. The monoisotopic (exact) mass is 392 g/mol. The van der Waals surface area contributed by atoms with Crippen molar-refractivity contribution in [3.8, 4) is 17.1 Å². The molecule has 0 fully saturated rings. The van der Waals surface area contributed by atoms with E-state index in [4.69, 9.17) is 9.72 Å². The number of phenols is 1. The lowest BCUT2D eigenvalue weighted by atomic mass is 9.93. The number of phenolic OH excluding ortho intramolecular Hbond substituents is 1. The van der Waals surface area contributed by atoms with Crippen molar-refractivity contribution < 1.29 is 14.6 Å². The highest BCUT2D eigenvalue weighted by molar-refractivity contribution is 5.89. The summed E-state index contributed by atoms with van der Waals surface area (Å²) in [6.07, 6.45) is 2.27. The van der Waals surface area contributed by atoms with Crippen LogP contribution < -0.4 is 5.56 Å². The molecule has 2 aromatic heterocycles. The predicted octanol–water partition coefficient (Wildman–Crippen LogP) is 3.53. The Kier molecular flexibility index (Phi) is 4.96. The van der Waals surface area contributed by atoms with Crippen LogP contribution in [0.5, 0.6) is 5.75 Å². The Bertz CT molecular complexity index is 1180. The zero-order valence-corrected chi connectivity index (χ0v) is 16.9. The molecule has 0 radical (unpaired) electrons. The van der Waals surface area contributed by atoms with E-state index in [1.165, 1.54) is 0 Å². The number of aryl methyl sites for hydroxylation is 1. The first-order chi connectivity index (χ1) is 14.0. The second-order valence-electron chi connectivity index (χ2n) is 7.41. The summed E-state index contributed by atoms with van der Waals surface area (Å²) >= 11 is 0. The van der Waals surface area contributed by atoms with Gasteiger partial charge in [-0.3, -0.25) is 4.79 Å². The molecular weight excluding hydrogens is 368 g/mol. The summed E-state index contributed by atoms with van der Waals surface area (Å²) in [5.41, 5.74) is 5.51. The number of carbonyl (C=O) groups excluding carboxylic acids is 1. The number of fused-ring (bicyclic) bond motifs is 4. The highest BCUT2D eigenvalue weighted by atomic mass is 16.5. The van der Waals surface area contributed by atoms with Crippen LogP contribution in [0.15, 0.2) is 29.1 Å². The molecule has 1 N–H and O–H groups in total. The number of aromatic nitrogens is 2. The quantitative estimate of drug-likeness (QED) is 0.508. The van der Waals surface area contributed by atoms with Gasteiger partial charge in [-0.15, -0.1) is 0 Å². The van der Waals surface area contributed by atoms with E-state index < -0.39 is 0 Å². The van der Waals surface area contributed by atoms with Gasteiger partial charge in [0.15, 0.2) is 0 Å². The molecule has 0 bridgehead atoms. The molecule has 1 aliphatic heterocycles. The minimum Gasteiger partial charge on any atom is -0.508 e. The first-order valence-corrected chi connectivity index (χ1v) is 9.89. The molecule has 150 valence electrons. The molecule has 0 saturated carbocycles. The van der Waals surface area contributed by atoms with Crippen LogP contribution in [0.1, 0.15) is 48.4 Å². The number of pyridine rings is 2. The first kappa shape index (κ1) is 19.3. The third-order valence-electron chi connectivity index (χ3n) is 5.83. The van der Waals surface area contributed by atoms with Crippen molar-refractivity contribution in [1.82, 2.24) is 9.55 Å². The van der Waals surface area contributed by atoms with Crippen LogP contribution in [0.25, 0.3) is 22.3 Å². The van der Waals surface area contributed by atoms with Gasteiger partial charge >= 0.3 is 0 Å². The molecule has 0 aliphatic carbocycles. The minimum atomic E-state index is -0.356. The van der Waals surface area contributed by atoms with E-state index in [0.717, 1.165) is 51.7 Å². The Labute approximate surface area is 168 Å². The molecular formula is C23H24N2O4. The maximum Gasteiger partial charge on any atom is 0.257 e. The number of nitrogens with zero attached hydrogens (tertiary/aromatic N) is 2. The summed E-state index contributed by atoms with van der Waals surface area (Å²) in [6, 6.07) is 7.08. The fraction of sp³-hybridized carbons (Fsp3) is 0.348. The van der Waals surface area contributed by atoms with Crippen molar-refractivity contribution in [2.45, 2.75) is 45.8 Å². The summed E-state index contributed by atoms with van der Waals surface area (Å²) in [4.78, 5) is 29.8. The van der Waals surface area contributed by atoms with E-state index in [0.29, 0.717) is 18.5 Å². The normalized spacial score (nSPS) is 13.3. The van der Waals surface area contributed by atoms with Crippen LogP contribution in [-0.4, -0.2) is 28.1 Å². The highest BCUT2D eigenvalue weighted by Crippen LogP contribution is 2.38. The number of rotatable bonds is 6. The number of methoxy groups -OCH3 is 1. The number of hydrogen-bond donors (Lipinski definition) is 1. The van der Waals surface area contributed by atoms with Gasteiger partial charge in [0.05, 0.1) is 30.1 Å². The smallest absolute Gasteiger partial charge is 0.257 e. The number of carbonyl (C=O) groups is 1. The molecule has 6 nitrogen and oxygen atoms in total. The number of benzene rings is 1. The molecule has 4 rings (SSSR count). The Morgan fingerprint density at radius 2 is 2.07 bits per heavy atom. The van der Waals surface area contributed by atoms with E-state index in [-0.39, 0.29) is 23.8 Å². The van der Waals surface area contributed by atoms with Crippen LogP contribution >= 0.6 is 0 Å². The summed E-state index contributed by atoms with van der Waals surface area (Å²) in [6.45, 7) is 4.59. The second kappa shape index (κ2) is 7.44. The van der Waals surface area contributed by atoms with Crippen LogP contribution in [0.4, 0.5) is 0 Å². The van der Waals surface area contributed by atoms with Gasteiger partial charge in [-0.25, -0.2) is 4.98 Å².